The third-order valence-corrected chi connectivity index (χ3v) is 7.84. The van der Waals surface area contributed by atoms with Crippen molar-refractivity contribution in [1.29, 1.82) is 5.26 Å². The van der Waals surface area contributed by atoms with E-state index in [4.69, 9.17) is 37.4 Å². The van der Waals surface area contributed by atoms with Crippen molar-refractivity contribution in [3.8, 4) is 17.6 Å². The first-order valence-corrected chi connectivity index (χ1v) is 16.0. The topological polar surface area (TPSA) is 68.6 Å². The molecule has 0 spiro atoms. The molecule has 0 aliphatic carbocycles. The number of nitriles is 1. The van der Waals surface area contributed by atoms with E-state index in [1.807, 2.05) is 57.2 Å². The summed E-state index contributed by atoms with van der Waals surface area (Å²) in [5.74, 6) is 1.38. The number of ether oxygens (including phenoxy) is 3. The van der Waals surface area contributed by atoms with Gasteiger partial charge in [0, 0.05) is 11.0 Å². The lowest BCUT2D eigenvalue weighted by atomic mass is 9.77. The Kier molecular flexibility index (Phi) is 14.1. The van der Waals surface area contributed by atoms with E-state index in [-0.39, 0.29) is 12.6 Å². The highest BCUT2D eigenvalue weighted by Gasteiger charge is 2.26. The number of carbonyl (C=O) groups excluding carboxylic acids is 1. The quantitative estimate of drug-likeness (QED) is 0.0791. The number of hydrogen-bond donors (Lipinski definition) is 0. The van der Waals surface area contributed by atoms with E-state index in [2.05, 4.69) is 53.0 Å². The molecule has 0 saturated carbocycles. The van der Waals surface area contributed by atoms with Crippen molar-refractivity contribution in [2.45, 2.75) is 85.2 Å². The number of halogens is 2. The maximum absolute atomic E-state index is 12.3. The highest BCUT2D eigenvalue weighted by Crippen LogP contribution is 2.38. The van der Waals surface area contributed by atoms with Crippen LogP contribution in [0.25, 0.3) is 0 Å². The van der Waals surface area contributed by atoms with E-state index in [1.54, 1.807) is 0 Å². The van der Waals surface area contributed by atoms with Gasteiger partial charge in [-0.3, -0.25) is 0 Å². The SMILES string of the molecule is C=C(/C=C(\C)C(CCC)CCC(=C)C(=O)OC(C)(C)C)COc1ccc(C(C)(C)c2cc(Cl)c(OCCCl)c(C#N)c2)cc1. The van der Waals surface area contributed by atoms with Gasteiger partial charge in [0.2, 0.25) is 0 Å². The van der Waals surface area contributed by atoms with Crippen molar-refractivity contribution in [1.82, 2.24) is 0 Å². The minimum absolute atomic E-state index is 0.271. The Morgan fingerprint density at radius 2 is 1.70 bits per heavy atom. The smallest absolute Gasteiger partial charge is 0.333 e. The molecule has 0 radical (unpaired) electrons. The van der Waals surface area contributed by atoms with Gasteiger partial charge in [0.1, 0.15) is 30.6 Å². The summed E-state index contributed by atoms with van der Waals surface area (Å²) in [7, 11) is 0. The summed E-state index contributed by atoms with van der Waals surface area (Å²) in [5.41, 5.74) is 3.95. The van der Waals surface area contributed by atoms with Crippen LogP contribution < -0.4 is 9.47 Å². The third-order valence-electron chi connectivity index (χ3n) is 7.40. The number of alkyl halides is 1. The zero-order chi connectivity index (χ0) is 33.1. The molecule has 7 heteroatoms. The molecule has 0 aromatic heterocycles. The molecule has 1 atom stereocenters. The van der Waals surface area contributed by atoms with Gasteiger partial charge < -0.3 is 14.2 Å². The zero-order valence-electron chi connectivity index (χ0n) is 27.3. The molecule has 0 bridgehead atoms. The molecule has 0 aliphatic rings. The van der Waals surface area contributed by atoms with Crippen LogP contribution in [0.5, 0.6) is 11.5 Å². The summed E-state index contributed by atoms with van der Waals surface area (Å²) < 4.78 is 17.1. The van der Waals surface area contributed by atoms with E-state index >= 15 is 0 Å². The summed E-state index contributed by atoms with van der Waals surface area (Å²) in [6.07, 6.45) is 5.55. The Labute approximate surface area is 274 Å². The summed E-state index contributed by atoms with van der Waals surface area (Å²) >= 11 is 12.2. The van der Waals surface area contributed by atoms with E-state index in [9.17, 15) is 10.1 Å². The lowest BCUT2D eigenvalue weighted by Gasteiger charge is -2.27. The van der Waals surface area contributed by atoms with Gasteiger partial charge in [0.25, 0.3) is 0 Å². The summed E-state index contributed by atoms with van der Waals surface area (Å²) in [6, 6.07) is 13.8. The number of allylic oxidation sites excluding steroid dienone is 1. The molecule has 1 unspecified atom stereocenters. The molecule has 0 N–H and O–H groups in total. The second-order valence-electron chi connectivity index (χ2n) is 12.6. The van der Waals surface area contributed by atoms with Crippen molar-refractivity contribution in [3.63, 3.8) is 0 Å². The normalized spacial score (nSPS) is 12.7. The van der Waals surface area contributed by atoms with Crippen LogP contribution in [0.2, 0.25) is 5.02 Å². The Bertz CT molecular complexity index is 1380. The molecule has 5 nitrogen and oxygen atoms in total. The average Bonchev–Trinajstić information content (AvgIpc) is 2.96. The minimum Gasteiger partial charge on any atom is -0.489 e. The Balaban J connectivity index is 2.05. The fourth-order valence-electron chi connectivity index (χ4n) is 4.87. The molecule has 44 heavy (non-hydrogen) atoms. The van der Waals surface area contributed by atoms with Crippen molar-refractivity contribution in [3.05, 3.63) is 94.1 Å². The van der Waals surface area contributed by atoms with E-state index in [1.165, 1.54) is 5.57 Å². The first-order chi connectivity index (χ1) is 20.6. The molecule has 0 heterocycles. The highest BCUT2D eigenvalue weighted by molar-refractivity contribution is 6.32. The largest absolute Gasteiger partial charge is 0.489 e. The predicted molar refractivity (Wildman–Crippen MR) is 182 cm³/mol. The van der Waals surface area contributed by atoms with Crippen molar-refractivity contribution in [2.24, 2.45) is 5.92 Å². The van der Waals surface area contributed by atoms with Crippen LogP contribution in [0.3, 0.4) is 0 Å². The Morgan fingerprint density at radius 1 is 1.05 bits per heavy atom. The van der Waals surface area contributed by atoms with Crippen LogP contribution in [0, 0.1) is 17.2 Å². The van der Waals surface area contributed by atoms with Gasteiger partial charge in [-0.2, -0.15) is 5.26 Å². The fraction of sp³-hybridized carbons (Fsp3) is 0.459. The maximum Gasteiger partial charge on any atom is 0.333 e. The lowest BCUT2D eigenvalue weighted by Crippen LogP contribution is -2.24. The van der Waals surface area contributed by atoms with E-state index in [0.29, 0.717) is 46.7 Å². The zero-order valence-corrected chi connectivity index (χ0v) is 28.8. The van der Waals surface area contributed by atoms with Gasteiger partial charge in [-0.1, -0.05) is 75.7 Å². The van der Waals surface area contributed by atoms with Gasteiger partial charge in [0.05, 0.1) is 16.5 Å². The molecular weight excluding hydrogens is 593 g/mol. The second kappa shape index (κ2) is 16.8. The Morgan fingerprint density at radius 3 is 2.27 bits per heavy atom. The first kappa shape index (κ1) is 37.0. The molecule has 0 aliphatic heterocycles. The summed E-state index contributed by atoms with van der Waals surface area (Å²) in [5, 5.41) is 10.1. The maximum atomic E-state index is 12.3. The van der Waals surface area contributed by atoms with Crippen molar-refractivity contribution >= 4 is 29.2 Å². The van der Waals surface area contributed by atoms with Gasteiger partial charge >= 0.3 is 5.97 Å². The summed E-state index contributed by atoms with van der Waals surface area (Å²) in [6.45, 7) is 22.8. The lowest BCUT2D eigenvalue weighted by molar-refractivity contribution is -0.150. The monoisotopic (exact) mass is 639 g/mol. The van der Waals surface area contributed by atoms with Crippen LogP contribution in [-0.2, 0) is 14.9 Å². The molecule has 2 aromatic carbocycles. The molecule has 0 saturated heterocycles. The molecular formula is C37H47Cl2NO4. The molecule has 238 valence electrons. The van der Waals surface area contributed by atoms with E-state index < -0.39 is 11.0 Å². The molecule has 2 aromatic rings. The number of carbonyl (C=O) groups is 1. The second-order valence-corrected chi connectivity index (χ2v) is 13.4. The molecule has 0 amide bonds. The predicted octanol–water partition coefficient (Wildman–Crippen LogP) is 10.1. The fourth-order valence-corrected chi connectivity index (χ4v) is 5.22. The van der Waals surface area contributed by atoms with Crippen molar-refractivity contribution in [2.75, 3.05) is 19.1 Å². The van der Waals surface area contributed by atoms with Gasteiger partial charge in [-0.25, -0.2) is 4.79 Å². The minimum atomic E-state index is -0.532. The number of rotatable bonds is 16. The van der Waals surface area contributed by atoms with Crippen LogP contribution in [0.4, 0.5) is 0 Å². The number of benzene rings is 2. The van der Waals surface area contributed by atoms with Crippen molar-refractivity contribution < 1.29 is 19.0 Å². The number of nitrogens with zero attached hydrogens (tertiary/aromatic N) is 1. The van der Waals surface area contributed by atoms with Gasteiger partial charge in [0.15, 0.2) is 5.75 Å². The number of hydrogen-bond acceptors (Lipinski definition) is 5. The van der Waals surface area contributed by atoms with Crippen LogP contribution in [-0.4, -0.2) is 30.7 Å². The Hall–Kier alpha value is -3.20. The van der Waals surface area contributed by atoms with E-state index in [0.717, 1.165) is 41.7 Å². The average molecular weight is 641 g/mol. The van der Waals surface area contributed by atoms with Crippen LogP contribution in [0.1, 0.15) is 90.8 Å². The first-order valence-electron chi connectivity index (χ1n) is 15.1. The molecule has 0 fully saturated rings. The third kappa shape index (κ3) is 11.1. The van der Waals surface area contributed by atoms with Crippen LogP contribution in [0.15, 0.2) is 72.4 Å². The highest BCUT2D eigenvalue weighted by atomic mass is 35.5. The van der Waals surface area contributed by atoms with Gasteiger partial charge in [-0.05, 0) is 93.8 Å². The molecule has 2 rings (SSSR count). The number of esters is 1. The summed E-state index contributed by atoms with van der Waals surface area (Å²) in [4.78, 5) is 12.3. The standard InChI is InChI=1S/C37H47Cl2NO4/c1-10-11-28(13-12-26(3)35(41)44-36(5,6)7)27(4)20-25(2)24-43-32-16-14-30(15-17-32)37(8,9)31-21-29(23-40)34(33(39)22-31)42-19-18-38/h14-17,20-22,28H,2-3,10-13,18-19,24H2,1,4-9H3/b27-20+. The van der Waals surface area contributed by atoms with Crippen LogP contribution >= 0.6 is 23.2 Å². The van der Waals surface area contributed by atoms with Gasteiger partial charge in [-0.15, -0.1) is 11.6 Å².